The van der Waals surface area contributed by atoms with Gasteiger partial charge in [-0.25, -0.2) is 9.78 Å². The summed E-state index contributed by atoms with van der Waals surface area (Å²) in [6, 6.07) is 4.74. The first-order valence-electron chi connectivity index (χ1n) is 5.44. The quantitative estimate of drug-likeness (QED) is 0.864. The summed E-state index contributed by atoms with van der Waals surface area (Å²) in [5.74, 6) is -0.290. The third kappa shape index (κ3) is 2.22. The maximum absolute atomic E-state index is 10.9. The van der Waals surface area contributed by atoms with E-state index in [2.05, 4.69) is 9.97 Å². The van der Waals surface area contributed by atoms with Gasteiger partial charge in [0.2, 0.25) is 5.28 Å². The van der Waals surface area contributed by atoms with E-state index in [-0.39, 0.29) is 10.8 Å². The summed E-state index contributed by atoms with van der Waals surface area (Å²) in [5.41, 5.74) is 0.715. The van der Waals surface area contributed by atoms with Crippen LogP contribution < -0.4 is 4.90 Å². The number of carboxylic acid groups (broad SMARTS) is 1. The highest BCUT2D eigenvalue weighted by molar-refractivity contribution is 6.28. The Morgan fingerprint density at radius 2 is 2.17 bits per heavy atom. The number of fused-ring (bicyclic) bond motifs is 1. The molecule has 18 heavy (non-hydrogen) atoms. The molecule has 0 bridgehead atoms. The minimum absolute atomic E-state index is 0.111. The molecule has 5 nitrogen and oxygen atoms in total. The molecule has 1 N–H and O–H groups in total. The van der Waals surface area contributed by atoms with Crippen LogP contribution in [0.3, 0.4) is 0 Å². The lowest BCUT2D eigenvalue weighted by Crippen LogP contribution is -2.18. The van der Waals surface area contributed by atoms with Crippen molar-refractivity contribution in [3.05, 3.63) is 29.0 Å². The van der Waals surface area contributed by atoms with Crippen LogP contribution in [-0.4, -0.2) is 34.6 Å². The third-order valence-corrected chi connectivity index (χ3v) is 2.90. The standard InChI is InChI=1S/C12H12ClN3O2/c1-3-16(2)10-8-5-4-7(11(17)18)6-9(8)14-12(13)15-10/h4-6H,3H2,1-2H3,(H,17,18). The third-order valence-electron chi connectivity index (χ3n) is 2.73. The van der Waals surface area contributed by atoms with Crippen LogP contribution in [0, 0.1) is 0 Å². The van der Waals surface area contributed by atoms with Gasteiger partial charge in [-0.15, -0.1) is 0 Å². The number of aromatic nitrogens is 2. The summed E-state index contributed by atoms with van der Waals surface area (Å²) >= 11 is 5.86. The van der Waals surface area contributed by atoms with E-state index in [0.29, 0.717) is 11.3 Å². The lowest BCUT2D eigenvalue weighted by molar-refractivity contribution is 0.0697. The number of hydrogen-bond acceptors (Lipinski definition) is 4. The van der Waals surface area contributed by atoms with E-state index < -0.39 is 5.97 Å². The lowest BCUT2D eigenvalue weighted by Gasteiger charge is -2.17. The zero-order valence-corrected chi connectivity index (χ0v) is 10.8. The topological polar surface area (TPSA) is 66.3 Å². The highest BCUT2D eigenvalue weighted by Gasteiger charge is 2.12. The first-order chi connectivity index (χ1) is 8.52. The van der Waals surface area contributed by atoms with Gasteiger partial charge in [0.15, 0.2) is 0 Å². The van der Waals surface area contributed by atoms with Gasteiger partial charge in [0.05, 0.1) is 11.1 Å². The summed E-state index contributed by atoms with van der Waals surface area (Å²) < 4.78 is 0. The predicted molar refractivity (Wildman–Crippen MR) is 70.5 cm³/mol. The minimum Gasteiger partial charge on any atom is -0.478 e. The molecule has 0 atom stereocenters. The van der Waals surface area contributed by atoms with Crippen molar-refractivity contribution < 1.29 is 9.90 Å². The fourth-order valence-electron chi connectivity index (χ4n) is 1.66. The minimum atomic E-state index is -0.989. The Hall–Kier alpha value is -1.88. The molecule has 0 aliphatic carbocycles. The molecule has 0 saturated carbocycles. The highest BCUT2D eigenvalue weighted by Crippen LogP contribution is 2.25. The zero-order valence-electron chi connectivity index (χ0n) is 10.0. The van der Waals surface area contributed by atoms with Crippen LogP contribution in [0.1, 0.15) is 17.3 Å². The number of nitrogens with zero attached hydrogens (tertiary/aromatic N) is 3. The summed E-state index contributed by atoms with van der Waals surface area (Å²) in [4.78, 5) is 21.1. The van der Waals surface area contributed by atoms with Crippen molar-refractivity contribution in [3.63, 3.8) is 0 Å². The fourth-order valence-corrected chi connectivity index (χ4v) is 1.83. The maximum atomic E-state index is 10.9. The van der Waals surface area contributed by atoms with Gasteiger partial charge in [-0.2, -0.15) is 4.98 Å². The van der Waals surface area contributed by atoms with E-state index in [1.54, 1.807) is 6.07 Å². The van der Waals surface area contributed by atoms with Gasteiger partial charge in [-0.1, -0.05) is 0 Å². The van der Waals surface area contributed by atoms with Crippen molar-refractivity contribution in [2.45, 2.75) is 6.92 Å². The molecule has 94 valence electrons. The van der Waals surface area contributed by atoms with Gasteiger partial charge in [0.1, 0.15) is 5.82 Å². The summed E-state index contributed by atoms with van der Waals surface area (Å²) in [6.45, 7) is 2.76. The Bertz CT molecular complexity index is 616. The fraction of sp³-hybridized carbons (Fsp3) is 0.250. The second-order valence-corrected chi connectivity index (χ2v) is 4.21. The molecule has 0 unspecified atom stereocenters. The van der Waals surface area contributed by atoms with Gasteiger partial charge in [-0.3, -0.25) is 0 Å². The number of benzene rings is 1. The smallest absolute Gasteiger partial charge is 0.335 e. The maximum Gasteiger partial charge on any atom is 0.335 e. The second-order valence-electron chi connectivity index (χ2n) is 3.87. The second kappa shape index (κ2) is 4.78. The molecule has 0 saturated heterocycles. The van der Waals surface area contributed by atoms with Crippen LogP contribution in [0.15, 0.2) is 18.2 Å². The number of carbonyl (C=O) groups is 1. The van der Waals surface area contributed by atoms with Crippen molar-refractivity contribution in [2.24, 2.45) is 0 Å². The molecule has 0 fully saturated rings. The van der Waals surface area contributed by atoms with E-state index >= 15 is 0 Å². The molecule has 0 aliphatic heterocycles. The Balaban J connectivity index is 2.70. The molecule has 6 heteroatoms. The molecule has 1 aromatic heterocycles. The molecule has 0 spiro atoms. The van der Waals surface area contributed by atoms with E-state index in [1.165, 1.54) is 12.1 Å². The van der Waals surface area contributed by atoms with Crippen LogP contribution in [0.4, 0.5) is 5.82 Å². The number of aromatic carboxylic acids is 1. The summed E-state index contributed by atoms with van der Waals surface area (Å²) in [6.07, 6.45) is 0. The Kier molecular flexibility index (Phi) is 3.34. The number of hydrogen-bond donors (Lipinski definition) is 1. The largest absolute Gasteiger partial charge is 0.478 e. The summed E-state index contributed by atoms with van der Waals surface area (Å²) in [7, 11) is 1.89. The summed E-state index contributed by atoms with van der Waals surface area (Å²) in [5, 5.41) is 9.85. The average molecular weight is 266 g/mol. The van der Waals surface area contributed by atoms with Crippen LogP contribution in [0.25, 0.3) is 10.9 Å². The van der Waals surface area contributed by atoms with Crippen LogP contribution in [0.2, 0.25) is 5.28 Å². The SMILES string of the molecule is CCN(C)c1nc(Cl)nc2cc(C(=O)O)ccc12. The first-order valence-corrected chi connectivity index (χ1v) is 5.82. The molecular formula is C12H12ClN3O2. The lowest BCUT2D eigenvalue weighted by atomic mass is 10.1. The highest BCUT2D eigenvalue weighted by atomic mass is 35.5. The molecular weight excluding hydrogens is 254 g/mol. The van der Waals surface area contributed by atoms with Crippen molar-refractivity contribution in [2.75, 3.05) is 18.5 Å². The predicted octanol–water partition coefficient (Wildman–Crippen LogP) is 2.44. The van der Waals surface area contributed by atoms with Crippen LogP contribution in [0.5, 0.6) is 0 Å². The Morgan fingerprint density at radius 3 is 2.78 bits per heavy atom. The van der Waals surface area contributed by atoms with Crippen LogP contribution >= 0.6 is 11.6 Å². The van der Waals surface area contributed by atoms with Crippen molar-refractivity contribution in [1.29, 1.82) is 0 Å². The number of anilines is 1. The Labute approximate surface area is 109 Å². The van der Waals surface area contributed by atoms with Gasteiger partial charge in [0.25, 0.3) is 0 Å². The number of halogens is 1. The van der Waals surface area contributed by atoms with Crippen molar-refractivity contribution in [1.82, 2.24) is 9.97 Å². The van der Waals surface area contributed by atoms with E-state index in [1.807, 2.05) is 18.9 Å². The molecule has 0 aliphatic rings. The molecule has 1 aromatic carbocycles. The van der Waals surface area contributed by atoms with E-state index in [9.17, 15) is 4.79 Å². The van der Waals surface area contributed by atoms with Crippen LogP contribution in [-0.2, 0) is 0 Å². The zero-order chi connectivity index (χ0) is 13.3. The molecule has 1 heterocycles. The monoisotopic (exact) mass is 265 g/mol. The number of rotatable bonds is 3. The molecule has 0 radical (unpaired) electrons. The normalized spacial score (nSPS) is 10.6. The van der Waals surface area contributed by atoms with E-state index in [4.69, 9.17) is 16.7 Å². The van der Waals surface area contributed by atoms with E-state index in [0.717, 1.165) is 11.9 Å². The molecule has 2 rings (SSSR count). The number of carboxylic acids is 1. The first kappa shape index (κ1) is 12.6. The van der Waals surface area contributed by atoms with Gasteiger partial charge < -0.3 is 10.0 Å². The van der Waals surface area contributed by atoms with Crippen molar-refractivity contribution >= 4 is 34.3 Å². The van der Waals surface area contributed by atoms with Crippen molar-refractivity contribution in [3.8, 4) is 0 Å². The van der Waals surface area contributed by atoms with Gasteiger partial charge in [0, 0.05) is 19.0 Å². The molecule has 0 amide bonds. The van der Waals surface area contributed by atoms with Gasteiger partial charge in [-0.05, 0) is 36.7 Å². The molecule has 2 aromatic rings. The average Bonchev–Trinajstić information content (AvgIpc) is 2.35. The van der Waals surface area contributed by atoms with Gasteiger partial charge >= 0.3 is 5.97 Å². The Morgan fingerprint density at radius 1 is 1.44 bits per heavy atom.